The van der Waals surface area contributed by atoms with Gasteiger partial charge in [-0.25, -0.2) is 0 Å². The van der Waals surface area contributed by atoms with Crippen LogP contribution in [-0.2, 0) is 4.79 Å². The molecular weight excluding hydrogens is 358 g/mol. The molecule has 0 saturated heterocycles. The van der Waals surface area contributed by atoms with E-state index in [4.69, 9.17) is 18.9 Å². The zero-order chi connectivity index (χ0) is 20.5. The van der Waals surface area contributed by atoms with Crippen LogP contribution in [0.15, 0.2) is 42.5 Å². The highest BCUT2D eigenvalue weighted by Gasteiger charge is 2.14. The Kier molecular flexibility index (Phi) is 7.75. The maximum absolute atomic E-state index is 12.4. The first-order valence-corrected chi connectivity index (χ1v) is 8.98. The molecule has 0 aliphatic carbocycles. The van der Waals surface area contributed by atoms with Crippen LogP contribution < -0.4 is 24.3 Å². The molecule has 2 aromatic rings. The van der Waals surface area contributed by atoms with Crippen molar-refractivity contribution < 1.29 is 23.7 Å². The predicted molar refractivity (Wildman–Crippen MR) is 109 cm³/mol. The fraction of sp³-hybridized carbons (Fsp3) is 0.318. The van der Waals surface area contributed by atoms with Gasteiger partial charge in [0.15, 0.2) is 23.0 Å². The van der Waals surface area contributed by atoms with Crippen LogP contribution in [0.1, 0.15) is 30.5 Å². The van der Waals surface area contributed by atoms with E-state index in [9.17, 15) is 4.79 Å². The van der Waals surface area contributed by atoms with Crippen molar-refractivity contribution in [3.8, 4) is 23.0 Å². The van der Waals surface area contributed by atoms with Gasteiger partial charge in [0.05, 0.1) is 34.5 Å². The summed E-state index contributed by atoms with van der Waals surface area (Å²) in [6.07, 6.45) is 3.98. The Morgan fingerprint density at radius 1 is 0.893 bits per heavy atom. The third-order valence-corrected chi connectivity index (χ3v) is 4.37. The molecule has 1 atom stereocenters. The standard InChI is InChI=1S/C22H27NO5/c1-6-17(16-9-11-19(26-3)21(14-16)28-5)23-22(24)12-8-15-7-10-18(25-2)20(13-15)27-4/h7-14,17H,6H2,1-5H3,(H,23,24)/b12-8+/t17-/m1/s1. The van der Waals surface area contributed by atoms with Gasteiger partial charge in [0.25, 0.3) is 0 Å². The lowest BCUT2D eigenvalue weighted by atomic mass is 10.0. The van der Waals surface area contributed by atoms with Crippen LogP contribution in [0.2, 0.25) is 0 Å². The summed E-state index contributed by atoms with van der Waals surface area (Å²) in [5, 5.41) is 3.02. The van der Waals surface area contributed by atoms with Crippen molar-refractivity contribution in [2.45, 2.75) is 19.4 Å². The van der Waals surface area contributed by atoms with Crippen LogP contribution >= 0.6 is 0 Å². The van der Waals surface area contributed by atoms with Crippen molar-refractivity contribution in [1.29, 1.82) is 0 Å². The minimum absolute atomic E-state index is 0.137. The number of amides is 1. The summed E-state index contributed by atoms with van der Waals surface area (Å²) >= 11 is 0. The largest absolute Gasteiger partial charge is 0.493 e. The normalized spacial score (nSPS) is 11.8. The number of ether oxygens (including phenoxy) is 4. The van der Waals surface area contributed by atoms with E-state index in [2.05, 4.69) is 5.32 Å². The summed E-state index contributed by atoms with van der Waals surface area (Å²) in [5.74, 6) is 2.36. The van der Waals surface area contributed by atoms with E-state index in [0.29, 0.717) is 23.0 Å². The highest BCUT2D eigenvalue weighted by Crippen LogP contribution is 2.31. The quantitative estimate of drug-likeness (QED) is 0.661. The fourth-order valence-electron chi connectivity index (χ4n) is 2.84. The van der Waals surface area contributed by atoms with Gasteiger partial charge in [-0.3, -0.25) is 4.79 Å². The second-order valence-electron chi connectivity index (χ2n) is 6.03. The predicted octanol–water partition coefficient (Wildman–Crippen LogP) is 4.00. The number of hydrogen-bond acceptors (Lipinski definition) is 5. The highest BCUT2D eigenvalue weighted by atomic mass is 16.5. The summed E-state index contributed by atoms with van der Waals surface area (Å²) in [6.45, 7) is 2.01. The third-order valence-electron chi connectivity index (χ3n) is 4.37. The molecular formula is C22H27NO5. The van der Waals surface area contributed by atoms with Crippen LogP contribution in [-0.4, -0.2) is 34.3 Å². The van der Waals surface area contributed by atoms with Crippen molar-refractivity contribution >= 4 is 12.0 Å². The summed E-state index contributed by atoms with van der Waals surface area (Å²) < 4.78 is 21.1. The Hall–Kier alpha value is -3.15. The molecule has 0 aliphatic rings. The lowest BCUT2D eigenvalue weighted by molar-refractivity contribution is -0.117. The van der Waals surface area contributed by atoms with Crippen LogP contribution in [0.4, 0.5) is 0 Å². The molecule has 0 fully saturated rings. The Morgan fingerprint density at radius 2 is 1.46 bits per heavy atom. The number of carbonyl (C=O) groups excluding carboxylic acids is 1. The zero-order valence-corrected chi connectivity index (χ0v) is 16.9. The van der Waals surface area contributed by atoms with Crippen LogP contribution in [0, 0.1) is 0 Å². The first-order valence-electron chi connectivity index (χ1n) is 8.98. The number of nitrogens with one attached hydrogen (secondary N) is 1. The first kappa shape index (κ1) is 21.2. The molecule has 2 aromatic carbocycles. The van der Waals surface area contributed by atoms with E-state index in [0.717, 1.165) is 17.5 Å². The van der Waals surface area contributed by atoms with Gasteiger partial charge >= 0.3 is 0 Å². The van der Waals surface area contributed by atoms with Crippen LogP contribution in [0.25, 0.3) is 6.08 Å². The molecule has 0 radical (unpaired) electrons. The van der Waals surface area contributed by atoms with E-state index < -0.39 is 0 Å². The molecule has 0 spiro atoms. The molecule has 0 aliphatic heterocycles. The molecule has 0 aromatic heterocycles. The van der Waals surface area contributed by atoms with Crippen LogP contribution in [0.3, 0.4) is 0 Å². The lowest BCUT2D eigenvalue weighted by Gasteiger charge is -2.18. The summed E-state index contributed by atoms with van der Waals surface area (Å²) in [6, 6.07) is 11.0. The molecule has 1 amide bonds. The number of benzene rings is 2. The van der Waals surface area contributed by atoms with Crippen molar-refractivity contribution in [3.63, 3.8) is 0 Å². The summed E-state index contributed by atoms with van der Waals surface area (Å²) in [7, 11) is 6.34. The molecule has 0 saturated carbocycles. The maximum atomic E-state index is 12.4. The first-order chi connectivity index (χ1) is 13.6. The fourth-order valence-corrected chi connectivity index (χ4v) is 2.84. The maximum Gasteiger partial charge on any atom is 0.244 e. The molecule has 6 heteroatoms. The Balaban J connectivity index is 2.11. The van der Waals surface area contributed by atoms with Crippen molar-refractivity contribution in [1.82, 2.24) is 5.32 Å². The molecule has 28 heavy (non-hydrogen) atoms. The van der Waals surface area contributed by atoms with Gasteiger partial charge in [-0.15, -0.1) is 0 Å². The number of methoxy groups -OCH3 is 4. The van der Waals surface area contributed by atoms with Gasteiger partial charge in [0.1, 0.15) is 0 Å². The average molecular weight is 385 g/mol. The number of hydrogen-bond donors (Lipinski definition) is 1. The second-order valence-corrected chi connectivity index (χ2v) is 6.03. The molecule has 1 N–H and O–H groups in total. The van der Waals surface area contributed by atoms with Crippen molar-refractivity contribution in [3.05, 3.63) is 53.6 Å². The van der Waals surface area contributed by atoms with Gasteiger partial charge < -0.3 is 24.3 Å². The minimum atomic E-state index is -0.184. The monoisotopic (exact) mass is 385 g/mol. The van der Waals surface area contributed by atoms with Gasteiger partial charge in [-0.2, -0.15) is 0 Å². The number of rotatable bonds is 9. The van der Waals surface area contributed by atoms with Crippen molar-refractivity contribution in [2.24, 2.45) is 0 Å². The van der Waals surface area contributed by atoms with E-state index in [1.54, 1.807) is 40.6 Å². The lowest BCUT2D eigenvalue weighted by Crippen LogP contribution is -2.26. The van der Waals surface area contributed by atoms with E-state index in [1.807, 2.05) is 37.3 Å². The molecule has 2 rings (SSSR count). The van der Waals surface area contributed by atoms with Gasteiger partial charge in [-0.05, 0) is 47.9 Å². The van der Waals surface area contributed by atoms with E-state index in [-0.39, 0.29) is 11.9 Å². The van der Waals surface area contributed by atoms with Gasteiger partial charge in [0.2, 0.25) is 5.91 Å². The highest BCUT2D eigenvalue weighted by molar-refractivity contribution is 5.92. The summed E-state index contributed by atoms with van der Waals surface area (Å²) in [5.41, 5.74) is 1.79. The van der Waals surface area contributed by atoms with E-state index >= 15 is 0 Å². The Morgan fingerprint density at radius 3 is 2.04 bits per heavy atom. The number of carbonyl (C=O) groups is 1. The smallest absolute Gasteiger partial charge is 0.244 e. The SMILES string of the molecule is CC[C@@H](NC(=O)/C=C/c1ccc(OC)c(OC)c1)c1ccc(OC)c(OC)c1. The molecule has 150 valence electrons. The topological polar surface area (TPSA) is 66.0 Å². The van der Waals surface area contributed by atoms with Crippen LogP contribution in [0.5, 0.6) is 23.0 Å². The van der Waals surface area contributed by atoms with Crippen molar-refractivity contribution in [2.75, 3.05) is 28.4 Å². The van der Waals surface area contributed by atoms with Gasteiger partial charge in [-0.1, -0.05) is 19.1 Å². The molecule has 0 unspecified atom stereocenters. The Bertz CT molecular complexity index is 832. The van der Waals surface area contributed by atoms with Gasteiger partial charge in [0, 0.05) is 6.08 Å². The third kappa shape index (κ3) is 5.19. The zero-order valence-electron chi connectivity index (χ0n) is 16.9. The van der Waals surface area contributed by atoms with E-state index in [1.165, 1.54) is 6.08 Å². The molecule has 0 bridgehead atoms. The molecule has 6 nitrogen and oxygen atoms in total. The minimum Gasteiger partial charge on any atom is -0.493 e. The second kappa shape index (κ2) is 10.3. The summed E-state index contributed by atoms with van der Waals surface area (Å²) in [4.78, 5) is 12.4. The molecule has 0 heterocycles. The average Bonchev–Trinajstić information content (AvgIpc) is 2.75. The Labute approximate surface area is 166 Å².